The van der Waals surface area contributed by atoms with E-state index in [4.69, 9.17) is 5.73 Å². The van der Waals surface area contributed by atoms with Gasteiger partial charge in [-0.15, -0.1) is 0 Å². The van der Waals surface area contributed by atoms with Gasteiger partial charge in [0.15, 0.2) is 0 Å². The van der Waals surface area contributed by atoms with E-state index in [9.17, 15) is 4.39 Å². The van der Waals surface area contributed by atoms with Crippen LogP contribution in [0, 0.1) is 12.7 Å². The van der Waals surface area contributed by atoms with Crippen molar-refractivity contribution in [3.8, 4) is 11.3 Å². The molecule has 4 heteroatoms. The van der Waals surface area contributed by atoms with Crippen LogP contribution in [-0.4, -0.2) is 9.55 Å². The van der Waals surface area contributed by atoms with Gasteiger partial charge in [0.1, 0.15) is 11.6 Å². The number of rotatable bonds is 2. The SMILES string of the molecule is Cc1c(-c2ccc(F)cc2)nc(CN)n1C. The van der Waals surface area contributed by atoms with Crippen LogP contribution in [0.25, 0.3) is 11.3 Å². The highest BCUT2D eigenvalue weighted by atomic mass is 19.1. The number of nitrogens with zero attached hydrogens (tertiary/aromatic N) is 2. The molecule has 0 aliphatic carbocycles. The molecule has 0 unspecified atom stereocenters. The molecule has 3 nitrogen and oxygen atoms in total. The molecule has 0 atom stereocenters. The molecular formula is C12H14FN3. The summed E-state index contributed by atoms with van der Waals surface area (Å²) in [5.74, 6) is 0.591. The van der Waals surface area contributed by atoms with Crippen LogP contribution in [0.2, 0.25) is 0 Å². The Kier molecular flexibility index (Phi) is 2.75. The summed E-state index contributed by atoms with van der Waals surface area (Å²) in [4.78, 5) is 4.44. The minimum Gasteiger partial charge on any atom is -0.334 e. The van der Waals surface area contributed by atoms with Crippen molar-refractivity contribution in [1.29, 1.82) is 0 Å². The zero-order valence-electron chi connectivity index (χ0n) is 9.37. The highest BCUT2D eigenvalue weighted by molar-refractivity contribution is 5.62. The third kappa shape index (κ3) is 1.72. The van der Waals surface area contributed by atoms with Crippen molar-refractivity contribution in [1.82, 2.24) is 9.55 Å². The zero-order chi connectivity index (χ0) is 11.7. The molecule has 0 aliphatic rings. The molecule has 0 saturated heterocycles. The Balaban J connectivity index is 2.52. The van der Waals surface area contributed by atoms with E-state index >= 15 is 0 Å². The Labute approximate surface area is 93.7 Å². The van der Waals surface area contributed by atoms with Crippen LogP contribution in [0.4, 0.5) is 4.39 Å². The molecule has 2 aromatic rings. The minimum absolute atomic E-state index is 0.239. The van der Waals surface area contributed by atoms with Gasteiger partial charge in [-0.3, -0.25) is 0 Å². The average Bonchev–Trinajstić information content (AvgIpc) is 2.57. The standard InChI is InChI=1S/C12H14FN3/c1-8-12(15-11(7-14)16(8)2)9-3-5-10(13)6-4-9/h3-6H,7,14H2,1-2H3. The summed E-state index contributed by atoms with van der Waals surface area (Å²) in [5.41, 5.74) is 8.40. The van der Waals surface area contributed by atoms with Gasteiger partial charge in [0.25, 0.3) is 0 Å². The monoisotopic (exact) mass is 219 g/mol. The molecule has 0 fully saturated rings. The van der Waals surface area contributed by atoms with E-state index in [1.807, 2.05) is 18.5 Å². The highest BCUT2D eigenvalue weighted by Gasteiger charge is 2.11. The van der Waals surface area contributed by atoms with Gasteiger partial charge < -0.3 is 10.3 Å². The third-order valence-electron chi connectivity index (χ3n) is 2.77. The molecule has 0 amide bonds. The Morgan fingerprint density at radius 2 is 1.94 bits per heavy atom. The summed E-state index contributed by atoms with van der Waals surface area (Å²) in [6, 6.07) is 6.33. The van der Waals surface area contributed by atoms with E-state index in [-0.39, 0.29) is 5.82 Å². The summed E-state index contributed by atoms with van der Waals surface area (Å²) < 4.78 is 14.8. The molecule has 0 aliphatic heterocycles. The molecule has 2 rings (SSSR count). The second-order valence-electron chi connectivity index (χ2n) is 3.73. The van der Waals surface area contributed by atoms with E-state index < -0.39 is 0 Å². The van der Waals surface area contributed by atoms with Crippen LogP contribution in [0.3, 0.4) is 0 Å². The van der Waals surface area contributed by atoms with Crippen LogP contribution < -0.4 is 5.73 Å². The van der Waals surface area contributed by atoms with Gasteiger partial charge in [-0.05, 0) is 31.2 Å². The first kappa shape index (κ1) is 10.8. The number of hydrogen-bond acceptors (Lipinski definition) is 2. The maximum Gasteiger partial charge on any atom is 0.123 e. The maximum absolute atomic E-state index is 12.8. The Morgan fingerprint density at radius 3 is 2.44 bits per heavy atom. The lowest BCUT2D eigenvalue weighted by molar-refractivity contribution is 0.628. The molecule has 1 aromatic carbocycles. The van der Waals surface area contributed by atoms with Gasteiger partial charge >= 0.3 is 0 Å². The molecule has 0 bridgehead atoms. The number of imidazole rings is 1. The van der Waals surface area contributed by atoms with E-state index in [1.54, 1.807) is 12.1 Å². The van der Waals surface area contributed by atoms with Crippen molar-refractivity contribution in [2.75, 3.05) is 0 Å². The summed E-state index contributed by atoms with van der Waals surface area (Å²) in [6.45, 7) is 2.38. The van der Waals surface area contributed by atoms with Gasteiger partial charge in [0, 0.05) is 18.3 Å². The van der Waals surface area contributed by atoms with Gasteiger partial charge in [0.2, 0.25) is 0 Å². The van der Waals surface area contributed by atoms with Crippen LogP contribution in [0.1, 0.15) is 11.5 Å². The Hall–Kier alpha value is -1.68. The number of hydrogen-bond donors (Lipinski definition) is 1. The van der Waals surface area contributed by atoms with Crippen LogP contribution in [-0.2, 0) is 13.6 Å². The molecule has 16 heavy (non-hydrogen) atoms. The highest BCUT2D eigenvalue weighted by Crippen LogP contribution is 2.22. The second kappa shape index (κ2) is 4.06. The third-order valence-corrected chi connectivity index (χ3v) is 2.77. The van der Waals surface area contributed by atoms with Gasteiger partial charge in [-0.25, -0.2) is 9.37 Å². The largest absolute Gasteiger partial charge is 0.334 e. The zero-order valence-corrected chi connectivity index (χ0v) is 9.37. The first-order valence-corrected chi connectivity index (χ1v) is 5.11. The van der Waals surface area contributed by atoms with Crippen LogP contribution in [0.15, 0.2) is 24.3 Å². The van der Waals surface area contributed by atoms with Crippen LogP contribution in [0.5, 0.6) is 0 Å². The normalized spacial score (nSPS) is 10.8. The molecule has 0 radical (unpaired) electrons. The Morgan fingerprint density at radius 1 is 1.31 bits per heavy atom. The smallest absolute Gasteiger partial charge is 0.123 e. The number of aromatic nitrogens is 2. The van der Waals surface area contributed by atoms with Crippen molar-refractivity contribution < 1.29 is 4.39 Å². The Bertz CT molecular complexity index is 500. The minimum atomic E-state index is -0.239. The molecule has 84 valence electrons. The van der Waals surface area contributed by atoms with Crippen molar-refractivity contribution >= 4 is 0 Å². The lowest BCUT2D eigenvalue weighted by Gasteiger charge is -2.00. The number of benzene rings is 1. The van der Waals surface area contributed by atoms with E-state index in [0.717, 1.165) is 22.8 Å². The van der Waals surface area contributed by atoms with Gasteiger partial charge in [0.05, 0.1) is 12.2 Å². The van der Waals surface area contributed by atoms with E-state index in [1.165, 1.54) is 12.1 Å². The number of nitrogens with two attached hydrogens (primary N) is 1. The van der Waals surface area contributed by atoms with Crippen molar-refractivity contribution in [2.24, 2.45) is 12.8 Å². The molecule has 2 N–H and O–H groups in total. The van der Waals surface area contributed by atoms with Gasteiger partial charge in [-0.2, -0.15) is 0 Å². The summed E-state index contributed by atoms with van der Waals surface area (Å²) >= 11 is 0. The molecule has 1 aromatic heterocycles. The average molecular weight is 219 g/mol. The lowest BCUT2D eigenvalue weighted by atomic mass is 10.1. The molecule has 0 spiro atoms. The lowest BCUT2D eigenvalue weighted by Crippen LogP contribution is -2.05. The fourth-order valence-electron chi connectivity index (χ4n) is 1.70. The van der Waals surface area contributed by atoms with Crippen LogP contribution >= 0.6 is 0 Å². The first-order chi connectivity index (χ1) is 7.63. The van der Waals surface area contributed by atoms with E-state index in [2.05, 4.69) is 4.98 Å². The maximum atomic E-state index is 12.8. The predicted octanol–water partition coefficient (Wildman–Crippen LogP) is 1.99. The van der Waals surface area contributed by atoms with Crippen molar-refractivity contribution in [3.05, 3.63) is 41.6 Å². The quantitative estimate of drug-likeness (QED) is 0.839. The second-order valence-corrected chi connectivity index (χ2v) is 3.73. The molecule has 0 saturated carbocycles. The summed E-state index contributed by atoms with van der Waals surface area (Å²) in [5, 5.41) is 0. The topological polar surface area (TPSA) is 43.8 Å². The van der Waals surface area contributed by atoms with Crippen molar-refractivity contribution in [2.45, 2.75) is 13.5 Å². The predicted molar refractivity (Wildman–Crippen MR) is 61.2 cm³/mol. The fraction of sp³-hybridized carbons (Fsp3) is 0.250. The first-order valence-electron chi connectivity index (χ1n) is 5.11. The fourth-order valence-corrected chi connectivity index (χ4v) is 1.70. The van der Waals surface area contributed by atoms with Crippen molar-refractivity contribution in [3.63, 3.8) is 0 Å². The molecular weight excluding hydrogens is 205 g/mol. The summed E-state index contributed by atoms with van der Waals surface area (Å²) in [7, 11) is 1.93. The number of halogens is 1. The van der Waals surface area contributed by atoms with E-state index in [0.29, 0.717) is 6.54 Å². The summed E-state index contributed by atoms with van der Waals surface area (Å²) in [6.07, 6.45) is 0. The van der Waals surface area contributed by atoms with Gasteiger partial charge in [-0.1, -0.05) is 0 Å². The molecule has 1 heterocycles.